The monoisotopic (exact) mass is 266 g/mol. The van der Waals surface area contributed by atoms with Crippen LogP contribution in [0.1, 0.15) is 51.3 Å². The van der Waals surface area contributed by atoms with E-state index in [0.717, 1.165) is 44.6 Å². The smallest absolute Gasteiger partial charge is 0.0650 e. The zero-order valence-electron chi connectivity index (χ0n) is 12.1. The van der Waals surface area contributed by atoms with Crippen molar-refractivity contribution in [1.82, 2.24) is 9.78 Å². The Labute approximate surface area is 115 Å². The highest BCUT2D eigenvalue weighted by molar-refractivity contribution is 5.02. The van der Waals surface area contributed by atoms with Gasteiger partial charge in [-0.25, -0.2) is 0 Å². The van der Waals surface area contributed by atoms with E-state index >= 15 is 0 Å². The van der Waals surface area contributed by atoms with Crippen LogP contribution in [0, 0.1) is 5.92 Å². The maximum Gasteiger partial charge on any atom is 0.0650 e. The SMILES string of the molecule is CCC(CC)n1ccc(CC(O)C2CCOCC2)n1. The summed E-state index contributed by atoms with van der Waals surface area (Å²) in [5, 5.41) is 14.9. The first-order valence-corrected chi connectivity index (χ1v) is 7.54. The highest BCUT2D eigenvalue weighted by Gasteiger charge is 2.23. The highest BCUT2D eigenvalue weighted by Crippen LogP contribution is 2.22. The summed E-state index contributed by atoms with van der Waals surface area (Å²) in [4.78, 5) is 0. The molecule has 0 aromatic carbocycles. The third-order valence-electron chi connectivity index (χ3n) is 4.21. The standard InChI is InChI=1S/C15H26N2O2/c1-3-14(4-2)17-8-5-13(16-17)11-15(18)12-6-9-19-10-7-12/h5,8,12,14-15,18H,3-4,6-7,9-11H2,1-2H3. The van der Waals surface area contributed by atoms with Crippen LogP contribution in [-0.2, 0) is 11.2 Å². The van der Waals surface area contributed by atoms with Gasteiger partial charge in [0.05, 0.1) is 17.8 Å². The molecule has 19 heavy (non-hydrogen) atoms. The van der Waals surface area contributed by atoms with Gasteiger partial charge in [-0.15, -0.1) is 0 Å². The molecule has 1 aromatic rings. The van der Waals surface area contributed by atoms with Gasteiger partial charge in [0.25, 0.3) is 0 Å². The van der Waals surface area contributed by atoms with Crippen LogP contribution in [0.3, 0.4) is 0 Å². The lowest BCUT2D eigenvalue weighted by molar-refractivity contribution is 0.00800. The molecule has 1 fully saturated rings. The number of hydrogen-bond acceptors (Lipinski definition) is 3. The van der Waals surface area contributed by atoms with Crippen LogP contribution in [0.4, 0.5) is 0 Å². The Bertz CT molecular complexity index is 368. The Morgan fingerprint density at radius 2 is 2.05 bits per heavy atom. The minimum Gasteiger partial charge on any atom is -0.392 e. The molecule has 1 aromatic heterocycles. The molecule has 0 bridgehead atoms. The lowest BCUT2D eigenvalue weighted by Gasteiger charge is -2.26. The van der Waals surface area contributed by atoms with E-state index in [1.807, 2.05) is 16.9 Å². The number of aliphatic hydroxyl groups excluding tert-OH is 1. The van der Waals surface area contributed by atoms with Crippen molar-refractivity contribution in [2.75, 3.05) is 13.2 Å². The summed E-state index contributed by atoms with van der Waals surface area (Å²) in [6.07, 6.45) is 6.55. The van der Waals surface area contributed by atoms with Crippen LogP contribution < -0.4 is 0 Å². The molecule has 0 spiro atoms. The molecule has 108 valence electrons. The number of aromatic nitrogens is 2. The predicted octanol–water partition coefficient (Wildman–Crippen LogP) is 2.57. The van der Waals surface area contributed by atoms with Crippen molar-refractivity contribution in [2.45, 2.75) is 58.1 Å². The minimum absolute atomic E-state index is 0.283. The first-order chi connectivity index (χ1) is 9.24. The van der Waals surface area contributed by atoms with Crippen LogP contribution >= 0.6 is 0 Å². The fraction of sp³-hybridized carbons (Fsp3) is 0.800. The molecule has 2 heterocycles. The van der Waals surface area contributed by atoms with Gasteiger partial charge in [-0.1, -0.05) is 13.8 Å². The summed E-state index contributed by atoms with van der Waals surface area (Å²) in [7, 11) is 0. The topological polar surface area (TPSA) is 47.3 Å². The van der Waals surface area contributed by atoms with Crippen molar-refractivity contribution in [3.05, 3.63) is 18.0 Å². The van der Waals surface area contributed by atoms with E-state index in [1.165, 1.54) is 0 Å². The van der Waals surface area contributed by atoms with Crippen LogP contribution in [-0.4, -0.2) is 34.2 Å². The molecule has 1 unspecified atom stereocenters. The summed E-state index contributed by atoms with van der Waals surface area (Å²) >= 11 is 0. The first-order valence-electron chi connectivity index (χ1n) is 7.54. The molecule has 1 atom stereocenters. The van der Waals surface area contributed by atoms with Gasteiger partial charge in [0.2, 0.25) is 0 Å². The number of hydrogen-bond donors (Lipinski definition) is 1. The molecule has 4 nitrogen and oxygen atoms in total. The maximum absolute atomic E-state index is 10.3. The van der Waals surface area contributed by atoms with Gasteiger partial charge in [-0.05, 0) is 37.7 Å². The fourth-order valence-electron chi connectivity index (χ4n) is 2.83. The lowest BCUT2D eigenvalue weighted by atomic mass is 9.91. The van der Waals surface area contributed by atoms with Gasteiger partial charge in [-0.3, -0.25) is 4.68 Å². The molecule has 2 rings (SSSR count). The Balaban J connectivity index is 1.91. The molecule has 1 aliphatic heterocycles. The third kappa shape index (κ3) is 3.80. The molecule has 0 aliphatic carbocycles. The van der Waals surface area contributed by atoms with Gasteiger partial charge in [0.1, 0.15) is 0 Å². The molecular formula is C15H26N2O2. The molecule has 0 radical (unpaired) electrons. The summed E-state index contributed by atoms with van der Waals surface area (Å²) in [5.41, 5.74) is 1.01. The normalized spacial score (nSPS) is 18.9. The second-order valence-corrected chi connectivity index (χ2v) is 5.48. The third-order valence-corrected chi connectivity index (χ3v) is 4.21. The Morgan fingerprint density at radius 3 is 2.68 bits per heavy atom. The molecule has 4 heteroatoms. The number of rotatable bonds is 6. The van der Waals surface area contributed by atoms with E-state index in [0.29, 0.717) is 18.4 Å². The lowest BCUT2D eigenvalue weighted by Crippen LogP contribution is -2.29. The average molecular weight is 266 g/mol. The zero-order valence-corrected chi connectivity index (χ0v) is 12.1. The minimum atomic E-state index is -0.283. The largest absolute Gasteiger partial charge is 0.392 e. The zero-order chi connectivity index (χ0) is 13.7. The molecule has 1 N–H and O–H groups in total. The van der Waals surface area contributed by atoms with Crippen LogP contribution in [0.25, 0.3) is 0 Å². The van der Waals surface area contributed by atoms with E-state index in [2.05, 4.69) is 18.9 Å². The van der Waals surface area contributed by atoms with Gasteiger partial charge in [-0.2, -0.15) is 5.10 Å². The van der Waals surface area contributed by atoms with Crippen LogP contribution in [0.15, 0.2) is 12.3 Å². The summed E-state index contributed by atoms with van der Waals surface area (Å²) in [6.45, 7) is 5.94. The predicted molar refractivity (Wildman–Crippen MR) is 75.1 cm³/mol. The maximum atomic E-state index is 10.3. The molecule has 0 saturated carbocycles. The van der Waals surface area contributed by atoms with E-state index in [-0.39, 0.29) is 6.10 Å². The fourth-order valence-corrected chi connectivity index (χ4v) is 2.83. The molecule has 0 amide bonds. The van der Waals surface area contributed by atoms with Gasteiger partial charge < -0.3 is 9.84 Å². The number of aliphatic hydroxyl groups is 1. The first kappa shape index (κ1) is 14.5. The second kappa shape index (κ2) is 7.06. The Morgan fingerprint density at radius 1 is 1.37 bits per heavy atom. The quantitative estimate of drug-likeness (QED) is 0.861. The number of nitrogens with zero attached hydrogens (tertiary/aromatic N) is 2. The van der Waals surface area contributed by atoms with Gasteiger partial charge in [0.15, 0.2) is 0 Å². The highest BCUT2D eigenvalue weighted by atomic mass is 16.5. The summed E-state index contributed by atoms with van der Waals surface area (Å²) in [5.74, 6) is 0.368. The summed E-state index contributed by atoms with van der Waals surface area (Å²) in [6, 6.07) is 2.52. The van der Waals surface area contributed by atoms with Gasteiger partial charge >= 0.3 is 0 Å². The van der Waals surface area contributed by atoms with Crippen molar-refractivity contribution in [3.63, 3.8) is 0 Å². The molecular weight excluding hydrogens is 240 g/mol. The van der Waals surface area contributed by atoms with Crippen molar-refractivity contribution >= 4 is 0 Å². The Kier molecular flexibility index (Phi) is 5.40. The van der Waals surface area contributed by atoms with Crippen molar-refractivity contribution < 1.29 is 9.84 Å². The van der Waals surface area contributed by atoms with Crippen LogP contribution in [0.2, 0.25) is 0 Å². The molecule has 1 saturated heterocycles. The average Bonchev–Trinajstić information content (AvgIpc) is 2.89. The van der Waals surface area contributed by atoms with Gasteiger partial charge in [0, 0.05) is 25.8 Å². The van der Waals surface area contributed by atoms with E-state index < -0.39 is 0 Å². The van der Waals surface area contributed by atoms with E-state index in [1.54, 1.807) is 0 Å². The number of ether oxygens (including phenoxy) is 1. The van der Waals surface area contributed by atoms with Crippen LogP contribution in [0.5, 0.6) is 0 Å². The van der Waals surface area contributed by atoms with Crippen molar-refractivity contribution in [3.8, 4) is 0 Å². The van der Waals surface area contributed by atoms with E-state index in [9.17, 15) is 5.11 Å². The Hall–Kier alpha value is -0.870. The second-order valence-electron chi connectivity index (χ2n) is 5.48. The van der Waals surface area contributed by atoms with Crippen molar-refractivity contribution in [2.24, 2.45) is 5.92 Å². The summed E-state index contributed by atoms with van der Waals surface area (Å²) < 4.78 is 7.38. The molecule has 1 aliphatic rings. The van der Waals surface area contributed by atoms with Crippen molar-refractivity contribution in [1.29, 1.82) is 0 Å². The van der Waals surface area contributed by atoms with E-state index in [4.69, 9.17) is 4.74 Å².